The largest absolute Gasteiger partial charge is 0.244 e. The molecule has 0 unspecified atom stereocenters. The van der Waals surface area contributed by atoms with E-state index in [-0.39, 0.29) is 4.90 Å². The SMILES string of the molecule is CN(Cc1ccsc1)S(=O)(=O)c1cc(Br)ccc1Br. The molecular weight excluding hydrogens is 414 g/mol. The molecule has 102 valence electrons. The Morgan fingerprint density at radius 3 is 2.63 bits per heavy atom. The van der Waals surface area contributed by atoms with Crippen LogP contribution in [-0.2, 0) is 16.6 Å². The molecule has 2 rings (SSSR count). The van der Waals surface area contributed by atoms with Crippen LogP contribution in [0.15, 0.2) is 48.9 Å². The zero-order valence-corrected chi connectivity index (χ0v) is 14.8. The Hall–Kier alpha value is -0.210. The first-order chi connectivity index (χ1) is 8.91. The molecule has 3 nitrogen and oxygen atoms in total. The van der Waals surface area contributed by atoms with Crippen molar-refractivity contribution in [2.24, 2.45) is 0 Å². The van der Waals surface area contributed by atoms with Crippen LogP contribution in [0.5, 0.6) is 0 Å². The first-order valence-electron chi connectivity index (χ1n) is 5.34. The summed E-state index contributed by atoms with van der Waals surface area (Å²) in [6.07, 6.45) is 0. The molecule has 0 saturated heterocycles. The molecule has 0 saturated carbocycles. The molecule has 0 amide bonds. The minimum atomic E-state index is -3.51. The fraction of sp³-hybridized carbons (Fsp3) is 0.167. The van der Waals surface area contributed by atoms with Crippen LogP contribution in [0.2, 0.25) is 0 Å². The van der Waals surface area contributed by atoms with Crippen LogP contribution < -0.4 is 0 Å². The van der Waals surface area contributed by atoms with Gasteiger partial charge in [0.05, 0.1) is 4.90 Å². The molecule has 0 atom stereocenters. The van der Waals surface area contributed by atoms with E-state index in [1.165, 1.54) is 4.31 Å². The number of rotatable bonds is 4. The topological polar surface area (TPSA) is 37.4 Å². The average Bonchev–Trinajstić information content (AvgIpc) is 2.85. The number of hydrogen-bond acceptors (Lipinski definition) is 3. The maximum Gasteiger partial charge on any atom is 0.244 e. The van der Waals surface area contributed by atoms with Crippen molar-refractivity contribution in [1.29, 1.82) is 0 Å². The second-order valence-corrected chi connectivity index (χ2v) is 8.53. The quantitative estimate of drug-likeness (QED) is 0.740. The number of benzene rings is 1. The molecule has 1 heterocycles. The van der Waals surface area contributed by atoms with Crippen molar-refractivity contribution in [3.63, 3.8) is 0 Å². The van der Waals surface area contributed by atoms with E-state index in [2.05, 4.69) is 31.9 Å². The van der Waals surface area contributed by atoms with Gasteiger partial charge in [0.15, 0.2) is 0 Å². The Kier molecular flexibility index (Phi) is 4.84. The smallest absolute Gasteiger partial charge is 0.207 e. The first-order valence-corrected chi connectivity index (χ1v) is 9.30. The Balaban J connectivity index is 2.33. The third-order valence-corrected chi connectivity index (χ3v) is 6.59. The standard InChI is InChI=1S/C12H11Br2NO2S2/c1-15(7-9-4-5-18-8-9)19(16,17)12-6-10(13)2-3-11(12)14/h2-6,8H,7H2,1H3. The van der Waals surface area contributed by atoms with Crippen molar-refractivity contribution in [1.82, 2.24) is 4.31 Å². The van der Waals surface area contributed by atoms with Gasteiger partial charge < -0.3 is 0 Å². The third-order valence-electron chi connectivity index (χ3n) is 2.57. The molecule has 0 N–H and O–H groups in total. The van der Waals surface area contributed by atoms with E-state index in [1.807, 2.05) is 16.8 Å². The normalized spacial score (nSPS) is 12.0. The molecule has 0 aliphatic carbocycles. The molecule has 19 heavy (non-hydrogen) atoms. The molecule has 0 bridgehead atoms. The fourth-order valence-corrected chi connectivity index (χ4v) is 4.85. The minimum Gasteiger partial charge on any atom is -0.207 e. The zero-order chi connectivity index (χ0) is 14.0. The van der Waals surface area contributed by atoms with Gasteiger partial charge in [-0.1, -0.05) is 15.9 Å². The van der Waals surface area contributed by atoms with Crippen LogP contribution in [0, 0.1) is 0 Å². The van der Waals surface area contributed by atoms with Crippen molar-refractivity contribution in [3.05, 3.63) is 49.5 Å². The molecular formula is C12H11Br2NO2S2. The van der Waals surface area contributed by atoms with Crippen molar-refractivity contribution < 1.29 is 8.42 Å². The number of halogens is 2. The summed E-state index contributed by atoms with van der Waals surface area (Å²) in [6, 6.07) is 7.04. The molecule has 0 aliphatic heterocycles. The van der Waals surface area contributed by atoms with Gasteiger partial charge in [0.1, 0.15) is 0 Å². The minimum absolute atomic E-state index is 0.264. The van der Waals surface area contributed by atoms with Crippen LogP contribution in [0.3, 0.4) is 0 Å². The lowest BCUT2D eigenvalue weighted by molar-refractivity contribution is 0.467. The Morgan fingerprint density at radius 1 is 1.26 bits per heavy atom. The Labute approximate surface area is 133 Å². The fourth-order valence-electron chi connectivity index (χ4n) is 1.57. The molecule has 0 fully saturated rings. The highest BCUT2D eigenvalue weighted by molar-refractivity contribution is 9.11. The lowest BCUT2D eigenvalue weighted by Crippen LogP contribution is -2.26. The Morgan fingerprint density at radius 2 is 2.00 bits per heavy atom. The highest BCUT2D eigenvalue weighted by atomic mass is 79.9. The summed E-state index contributed by atoms with van der Waals surface area (Å²) in [5, 5.41) is 3.88. The third kappa shape index (κ3) is 3.46. The van der Waals surface area contributed by atoms with Gasteiger partial charge in [-0.25, -0.2) is 8.42 Å². The lowest BCUT2D eigenvalue weighted by Gasteiger charge is -2.17. The molecule has 1 aromatic heterocycles. The number of thiophene rings is 1. The van der Waals surface area contributed by atoms with E-state index in [0.29, 0.717) is 11.0 Å². The van der Waals surface area contributed by atoms with Crippen LogP contribution >= 0.6 is 43.2 Å². The molecule has 7 heteroatoms. The predicted molar refractivity (Wildman–Crippen MR) is 84.8 cm³/mol. The maximum atomic E-state index is 12.5. The lowest BCUT2D eigenvalue weighted by atomic mass is 10.3. The van der Waals surface area contributed by atoms with Gasteiger partial charge in [0.25, 0.3) is 0 Å². The van der Waals surface area contributed by atoms with E-state index in [9.17, 15) is 8.42 Å². The summed E-state index contributed by atoms with van der Waals surface area (Å²) < 4.78 is 27.7. The van der Waals surface area contributed by atoms with Gasteiger partial charge in [-0.2, -0.15) is 15.6 Å². The Bertz CT molecular complexity index is 669. The van der Waals surface area contributed by atoms with Gasteiger partial charge in [-0.15, -0.1) is 0 Å². The molecule has 1 aromatic carbocycles. The van der Waals surface area contributed by atoms with Gasteiger partial charge in [0.2, 0.25) is 10.0 Å². The molecule has 2 aromatic rings. The van der Waals surface area contributed by atoms with E-state index in [1.54, 1.807) is 36.6 Å². The summed E-state index contributed by atoms with van der Waals surface area (Å²) in [5.41, 5.74) is 0.988. The average molecular weight is 425 g/mol. The zero-order valence-electron chi connectivity index (χ0n) is 10.0. The summed E-state index contributed by atoms with van der Waals surface area (Å²) in [5.74, 6) is 0. The van der Waals surface area contributed by atoms with Crippen molar-refractivity contribution in [3.8, 4) is 0 Å². The van der Waals surface area contributed by atoms with E-state index >= 15 is 0 Å². The maximum absolute atomic E-state index is 12.5. The highest BCUT2D eigenvalue weighted by Gasteiger charge is 2.23. The van der Waals surface area contributed by atoms with Gasteiger partial charge in [-0.3, -0.25) is 0 Å². The van der Waals surface area contributed by atoms with E-state index in [0.717, 1.165) is 10.0 Å². The van der Waals surface area contributed by atoms with Crippen LogP contribution in [-0.4, -0.2) is 19.8 Å². The monoisotopic (exact) mass is 423 g/mol. The summed E-state index contributed by atoms with van der Waals surface area (Å²) in [4.78, 5) is 0.264. The van der Waals surface area contributed by atoms with Crippen LogP contribution in [0.4, 0.5) is 0 Å². The molecule has 0 aliphatic rings. The van der Waals surface area contributed by atoms with Crippen LogP contribution in [0.25, 0.3) is 0 Å². The molecule has 0 spiro atoms. The summed E-state index contributed by atoms with van der Waals surface area (Å²) >= 11 is 8.14. The van der Waals surface area contributed by atoms with Gasteiger partial charge >= 0.3 is 0 Å². The van der Waals surface area contributed by atoms with Crippen molar-refractivity contribution in [2.75, 3.05) is 7.05 Å². The van der Waals surface area contributed by atoms with Crippen molar-refractivity contribution >= 4 is 53.2 Å². The molecule has 0 radical (unpaired) electrons. The van der Waals surface area contributed by atoms with E-state index in [4.69, 9.17) is 0 Å². The van der Waals surface area contributed by atoms with Crippen molar-refractivity contribution in [2.45, 2.75) is 11.4 Å². The van der Waals surface area contributed by atoms with Gasteiger partial charge in [0, 0.05) is 22.5 Å². The first kappa shape index (κ1) is 15.2. The number of nitrogens with zero attached hydrogens (tertiary/aromatic N) is 1. The number of hydrogen-bond donors (Lipinski definition) is 0. The second kappa shape index (κ2) is 6.05. The van der Waals surface area contributed by atoms with Gasteiger partial charge in [-0.05, 0) is 56.5 Å². The number of sulfonamides is 1. The predicted octanol–water partition coefficient (Wildman–Crippen LogP) is 4.09. The second-order valence-electron chi connectivity index (χ2n) is 3.97. The summed E-state index contributed by atoms with van der Waals surface area (Å²) in [7, 11) is -1.92. The highest BCUT2D eigenvalue weighted by Crippen LogP contribution is 2.28. The van der Waals surface area contributed by atoms with Crippen LogP contribution in [0.1, 0.15) is 5.56 Å². The van der Waals surface area contributed by atoms with E-state index < -0.39 is 10.0 Å². The summed E-state index contributed by atoms with van der Waals surface area (Å²) in [6.45, 7) is 0.366.